The van der Waals surface area contributed by atoms with Crippen molar-refractivity contribution in [2.75, 3.05) is 26.2 Å². The van der Waals surface area contributed by atoms with Gasteiger partial charge in [-0.2, -0.15) is 0 Å². The van der Waals surface area contributed by atoms with Crippen molar-refractivity contribution in [2.24, 2.45) is 0 Å². The third kappa shape index (κ3) is 3.07. The van der Waals surface area contributed by atoms with Crippen molar-refractivity contribution < 1.29 is 18.4 Å². The number of nitrogens with one attached hydrogen (secondary N) is 1. The van der Waals surface area contributed by atoms with Crippen molar-refractivity contribution in [3.05, 3.63) is 34.9 Å². The van der Waals surface area contributed by atoms with Gasteiger partial charge in [0, 0.05) is 32.2 Å². The Morgan fingerprint density at radius 2 is 1.92 bits per heavy atom. The quantitative estimate of drug-likeness (QED) is 0.900. The van der Waals surface area contributed by atoms with Crippen LogP contribution in [0.4, 0.5) is 13.6 Å². The topological polar surface area (TPSA) is 52.7 Å². The number of likely N-dealkylation sites (tertiary alicyclic amines) is 1. The molecule has 0 aromatic heterocycles. The monoisotopic (exact) mass is 337 g/mol. The molecule has 0 saturated carbocycles. The van der Waals surface area contributed by atoms with Gasteiger partial charge >= 0.3 is 6.03 Å². The highest BCUT2D eigenvalue weighted by atomic mass is 19.1. The molecule has 2 heterocycles. The summed E-state index contributed by atoms with van der Waals surface area (Å²) in [5.74, 6) is -2.24. The molecule has 0 bridgehead atoms. The van der Waals surface area contributed by atoms with Gasteiger partial charge in [-0.1, -0.05) is 6.07 Å². The van der Waals surface area contributed by atoms with Crippen LogP contribution in [0.25, 0.3) is 0 Å². The van der Waals surface area contributed by atoms with Crippen LogP contribution in [-0.4, -0.2) is 54.0 Å². The first-order valence-electron chi connectivity index (χ1n) is 8.27. The lowest BCUT2D eigenvalue weighted by atomic mass is 10.0. The summed E-state index contributed by atoms with van der Waals surface area (Å²) in [6.07, 6.45) is 2.15. The Morgan fingerprint density at radius 3 is 2.58 bits per heavy atom. The SMILES string of the molecule is Cc1ccc(F)c(C(=O)N2CCC(N3CCCNC3=O)CC2)c1F. The minimum Gasteiger partial charge on any atom is -0.338 e. The molecule has 2 saturated heterocycles. The molecule has 24 heavy (non-hydrogen) atoms. The van der Waals surface area contributed by atoms with E-state index >= 15 is 0 Å². The first-order chi connectivity index (χ1) is 11.5. The normalized spacial score (nSPS) is 19.4. The van der Waals surface area contributed by atoms with Gasteiger partial charge in [0.1, 0.15) is 17.2 Å². The summed E-state index contributed by atoms with van der Waals surface area (Å²) in [5.41, 5.74) is -0.233. The fourth-order valence-electron chi connectivity index (χ4n) is 3.39. The number of carbonyl (C=O) groups is 2. The van der Waals surface area contributed by atoms with E-state index in [-0.39, 0.29) is 17.6 Å². The third-order valence-corrected chi connectivity index (χ3v) is 4.80. The molecular formula is C17H21F2N3O2. The van der Waals surface area contributed by atoms with E-state index < -0.39 is 23.1 Å². The zero-order valence-electron chi connectivity index (χ0n) is 13.6. The van der Waals surface area contributed by atoms with Crippen LogP contribution in [0.2, 0.25) is 0 Å². The molecule has 5 nitrogen and oxygen atoms in total. The first kappa shape index (κ1) is 16.7. The molecule has 0 spiro atoms. The fraction of sp³-hybridized carbons (Fsp3) is 0.529. The van der Waals surface area contributed by atoms with Crippen LogP contribution in [0.5, 0.6) is 0 Å². The molecule has 130 valence electrons. The second kappa shape index (κ2) is 6.75. The molecule has 2 aliphatic rings. The summed E-state index contributed by atoms with van der Waals surface area (Å²) in [7, 11) is 0. The second-order valence-electron chi connectivity index (χ2n) is 6.36. The average Bonchev–Trinajstić information content (AvgIpc) is 2.59. The zero-order chi connectivity index (χ0) is 17.3. The van der Waals surface area contributed by atoms with E-state index in [0.29, 0.717) is 39.0 Å². The molecule has 0 aliphatic carbocycles. The molecule has 0 unspecified atom stereocenters. The van der Waals surface area contributed by atoms with E-state index in [2.05, 4.69) is 5.32 Å². The highest BCUT2D eigenvalue weighted by Crippen LogP contribution is 2.23. The molecule has 7 heteroatoms. The van der Waals surface area contributed by atoms with Crippen LogP contribution >= 0.6 is 0 Å². The molecule has 3 rings (SSSR count). The smallest absolute Gasteiger partial charge is 0.317 e. The van der Waals surface area contributed by atoms with Crippen LogP contribution in [0.15, 0.2) is 12.1 Å². The predicted molar refractivity (Wildman–Crippen MR) is 84.7 cm³/mol. The number of hydrogen-bond donors (Lipinski definition) is 1. The van der Waals surface area contributed by atoms with Gasteiger partial charge in [-0.25, -0.2) is 13.6 Å². The number of halogens is 2. The summed E-state index contributed by atoms with van der Waals surface area (Å²) < 4.78 is 28.0. The van der Waals surface area contributed by atoms with Crippen molar-refractivity contribution in [1.29, 1.82) is 0 Å². The number of rotatable bonds is 2. The maximum absolute atomic E-state index is 14.1. The average molecular weight is 337 g/mol. The fourth-order valence-corrected chi connectivity index (χ4v) is 3.39. The lowest BCUT2D eigenvalue weighted by Crippen LogP contribution is -2.54. The number of benzene rings is 1. The maximum Gasteiger partial charge on any atom is 0.317 e. The Morgan fingerprint density at radius 1 is 1.21 bits per heavy atom. The van der Waals surface area contributed by atoms with Crippen molar-refractivity contribution in [1.82, 2.24) is 15.1 Å². The first-order valence-corrected chi connectivity index (χ1v) is 8.27. The Hall–Kier alpha value is -2.18. The summed E-state index contributed by atoms with van der Waals surface area (Å²) in [6.45, 7) is 3.69. The van der Waals surface area contributed by atoms with E-state index in [0.717, 1.165) is 12.5 Å². The number of hydrogen-bond acceptors (Lipinski definition) is 2. The molecule has 0 radical (unpaired) electrons. The second-order valence-corrected chi connectivity index (χ2v) is 6.36. The van der Waals surface area contributed by atoms with Crippen LogP contribution in [0.3, 0.4) is 0 Å². The molecule has 2 fully saturated rings. The standard InChI is InChI=1S/C17H21F2N3O2/c1-11-3-4-13(18)14(15(11)19)16(23)21-9-5-12(6-10-21)22-8-2-7-20-17(22)24/h3-4,12H,2,5-10H2,1H3,(H,20,24). The van der Waals surface area contributed by atoms with E-state index in [1.807, 2.05) is 0 Å². The van der Waals surface area contributed by atoms with Crippen LogP contribution in [0.1, 0.15) is 35.2 Å². The largest absolute Gasteiger partial charge is 0.338 e. The van der Waals surface area contributed by atoms with Gasteiger partial charge < -0.3 is 15.1 Å². The van der Waals surface area contributed by atoms with Gasteiger partial charge in [-0.05, 0) is 37.8 Å². The molecule has 0 atom stereocenters. The number of piperidine rings is 1. The van der Waals surface area contributed by atoms with Gasteiger partial charge in [0.2, 0.25) is 0 Å². The lowest BCUT2D eigenvalue weighted by Gasteiger charge is -2.40. The van der Waals surface area contributed by atoms with Crippen LogP contribution in [-0.2, 0) is 0 Å². The van der Waals surface area contributed by atoms with E-state index in [1.54, 1.807) is 4.90 Å². The van der Waals surface area contributed by atoms with Crippen molar-refractivity contribution >= 4 is 11.9 Å². The summed E-state index contributed by atoms with van der Waals surface area (Å²) >= 11 is 0. The molecular weight excluding hydrogens is 316 g/mol. The highest BCUT2D eigenvalue weighted by molar-refractivity contribution is 5.95. The number of aryl methyl sites for hydroxylation is 1. The summed E-state index contributed by atoms with van der Waals surface area (Å²) in [5, 5.41) is 2.82. The van der Waals surface area contributed by atoms with E-state index in [1.165, 1.54) is 17.9 Å². The van der Waals surface area contributed by atoms with Gasteiger partial charge in [0.25, 0.3) is 5.91 Å². The Bertz CT molecular complexity index is 657. The molecule has 1 aromatic carbocycles. The third-order valence-electron chi connectivity index (χ3n) is 4.80. The number of nitrogens with zero attached hydrogens (tertiary/aromatic N) is 2. The Labute approximate surface area is 139 Å². The van der Waals surface area contributed by atoms with Gasteiger partial charge in [0.05, 0.1) is 0 Å². The molecule has 3 amide bonds. The van der Waals surface area contributed by atoms with E-state index in [9.17, 15) is 18.4 Å². The van der Waals surface area contributed by atoms with Crippen LogP contribution < -0.4 is 5.32 Å². The Kier molecular flexibility index (Phi) is 4.69. The minimum atomic E-state index is -0.833. The number of carbonyl (C=O) groups excluding carboxylic acids is 2. The maximum atomic E-state index is 14.1. The van der Waals surface area contributed by atoms with Crippen molar-refractivity contribution in [3.8, 4) is 0 Å². The van der Waals surface area contributed by atoms with Crippen LogP contribution in [0, 0.1) is 18.6 Å². The molecule has 2 aliphatic heterocycles. The number of urea groups is 1. The lowest BCUT2D eigenvalue weighted by molar-refractivity contribution is 0.0633. The summed E-state index contributed by atoms with van der Waals surface area (Å²) in [4.78, 5) is 27.7. The minimum absolute atomic E-state index is 0.0678. The van der Waals surface area contributed by atoms with Crippen molar-refractivity contribution in [3.63, 3.8) is 0 Å². The zero-order valence-corrected chi connectivity index (χ0v) is 13.6. The Balaban J connectivity index is 1.68. The predicted octanol–water partition coefficient (Wildman–Crippen LogP) is 2.29. The van der Waals surface area contributed by atoms with Gasteiger partial charge in [-0.3, -0.25) is 4.79 Å². The molecule has 1 aromatic rings. The van der Waals surface area contributed by atoms with Gasteiger partial charge in [-0.15, -0.1) is 0 Å². The van der Waals surface area contributed by atoms with Crippen molar-refractivity contribution in [2.45, 2.75) is 32.2 Å². The summed E-state index contributed by atoms with van der Waals surface area (Å²) in [6, 6.07) is 2.45. The van der Waals surface area contributed by atoms with E-state index in [4.69, 9.17) is 0 Å². The number of amides is 3. The van der Waals surface area contributed by atoms with Gasteiger partial charge in [0.15, 0.2) is 0 Å². The molecule has 1 N–H and O–H groups in total. The highest BCUT2D eigenvalue weighted by Gasteiger charge is 2.32.